The molecule has 1 fully saturated rings. The van der Waals surface area contributed by atoms with Gasteiger partial charge in [0.15, 0.2) is 0 Å². The van der Waals surface area contributed by atoms with Crippen LogP contribution in [0, 0.1) is 5.82 Å². The highest BCUT2D eigenvalue weighted by Crippen LogP contribution is 2.18. The molecule has 3 rings (SSSR count). The van der Waals surface area contributed by atoms with Crippen LogP contribution in [0.3, 0.4) is 0 Å². The van der Waals surface area contributed by atoms with E-state index in [1.807, 2.05) is 30.3 Å². The zero-order chi connectivity index (χ0) is 20.9. The highest BCUT2D eigenvalue weighted by Gasteiger charge is 2.27. The highest BCUT2D eigenvalue weighted by atomic mass is 35.5. The molecule has 0 bridgehead atoms. The molecule has 164 valence electrons. The van der Waals surface area contributed by atoms with Crippen LogP contribution in [-0.2, 0) is 16.6 Å². The van der Waals surface area contributed by atoms with Gasteiger partial charge in [-0.25, -0.2) is 12.8 Å². The second kappa shape index (κ2) is 11.1. The van der Waals surface area contributed by atoms with Crippen molar-refractivity contribution in [3.8, 4) is 0 Å². The van der Waals surface area contributed by atoms with Gasteiger partial charge in [0.2, 0.25) is 10.0 Å². The minimum Gasteiger partial charge on any atom is -0.351 e. The summed E-state index contributed by atoms with van der Waals surface area (Å²) in [6.07, 6.45) is 0. The van der Waals surface area contributed by atoms with Gasteiger partial charge < -0.3 is 5.32 Å². The van der Waals surface area contributed by atoms with Crippen molar-refractivity contribution in [2.24, 2.45) is 0 Å². The number of piperazine rings is 1. The average Bonchev–Trinajstić information content (AvgIpc) is 2.69. The van der Waals surface area contributed by atoms with Crippen LogP contribution >= 0.6 is 24.0 Å². The molecule has 2 aromatic rings. The molecule has 0 aromatic heterocycles. The Morgan fingerprint density at radius 3 is 2.33 bits per heavy atom. The lowest BCUT2D eigenvalue weighted by Crippen LogP contribution is -2.49. The Balaban J connectivity index is 0.00000320. The van der Waals surface area contributed by atoms with Crippen molar-refractivity contribution in [1.29, 1.82) is 0 Å². The quantitative estimate of drug-likeness (QED) is 0.668. The number of hydrogen-bond donors (Lipinski definition) is 1. The third-order valence-corrected chi connectivity index (χ3v) is 7.00. The van der Waals surface area contributed by atoms with E-state index in [9.17, 15) is 17.6 Å². The number of amides is 1. The van der Waals surface area contributed by atoms with Crippen molar-refractivity contribution in [3.05, 3.63) is 70.5 Å². The first-order valence-corrected chi connectivity index (χ1v) is 11.3. The van der Waals surface area contributed by atoms with E-state index in [1.54, 1.807) is 0 Å². The van der Waals surface area contributed by atoms with E-state index in [0.717, 1.165) is 12.6 Å². The van der Waals surface area contributed by atoms with Gasteiger partial charge in [0.1, 0.15) is 5.82 Å². The van der Waals surface area contributed by atoms with Crippen molar-refractivity contribution in [2.45, 2.75) is 6.54 Å². The van der Waals surface area contributed by atoms with Crippen LogP contribution in [0.15, 0.2) is 48.5 Å². The van der Waals surface area contributed by atoms with Gasteiger partial charge in [-0.2, -0.15) is 4.31 Å². The predicted octanol–water partition coefficient (Wildman–Crippen LogP) is 2.78. The molecule has 0 radical (unpaired) electrons. The van der Waals surface area contributed by atoms with Gasteiger partial charge in [0.05, 0.1) is 16.3 Å². The monoisotopic (exact) mass is 475 g/mol. The molecule has 1 N–H and O–H groups in total. The topological polar surface area (TPSA) is 69.7 Å². The number of nitrogens with zero attached hydrogens (tertiary/aromatic N) is 2. The Hall–Kier alpha value is -1.71. The lowest BCUT2D eigenvalue weighted by Gasteiger charge is -2.34. The van der Waals surface area contributed by atoms with E-state index in [4.69, 9.17) is 11.6 Å². The van der Waals surface area contributed by atoms with Gasteiger partial charge in [-0.15, -0.1) is 12.4 Å². The number of halogens is 3. The maximum absolute atomic E-state index is 13.8. The molecular weight excluding hydrogens is 452 g/mol. The third-order valence-electron chi connectivity index (χ3n) is 4.81. The normalized spacial score (nSPS) is 15.4. The number of benzene rings is 2. The molecule has 10 heteroatoms. The number of carbonyl (C=O) groups excluding carboxylic acids is 1. The largest absolute Gasteiger partial charge is 0.351 e. The molecule has 1 amide bonds. The number of carbonyl (C=O) groups is 1. The lowest BCUT2D eigenvalue weighted by atomic mass is 10.2. The number of hydrogen-bond acceptors (Lipinski definition) is 4. The van der Waals surface area contributed by atoms with E-state index < -0.39 is 21.7 Å². The molecule has 0 saturated carbocycles. The Morgan fingerprint density at radius 1 is 1.03 bits per heavy atom. The maximum Gasteiger partial charge on any atom is 0.255 e. The first-order valence-electron chi connectivity index (χ1n) is 9.33. The standard InChI is InChI=1S/C20H23ClFN3O3S.ClH/c21-17-7-4-8-18(22)19(17)20(26)23-9-14-29(27,28)25-12-10-24(11-13-25)15-16-5-2-1-3-6-16;/h1-8H,9-15H2,(H,23,26);1H. The zero-order valence-corrected chi connectivity index (χ0v) is 18.6. The van der Waals surface area contributed by atoms with Gasteiger partial charge in [-0.05, 0) is 17.7 Å². The first-order chi connectivity index (χ1) is 13.9. The molecule has 1 heterocycles. The Bertz CT molecular complexity index is 933. The lowest BCUT2D eigenvalue weighted by molar-refractivity contribution is 0.0952. The predicted molar refractivity (Wildman–Crippen MR) is 118 cm³/mol. The number of rotatable bonds is 7. The summed E-state index contributed by atoms with van der Waals surface area (Å²) >= 11 is 5.85. The van der Waals surface area contributed by atoms with Crippen molar-refractivity contribution in [3.63, 3.8) is 0 Å². The molecule has 2 aromatic carbocycles. The van der Waals surface area contributed by atoms with Crippen LogP contribution in [0.25, 0.3) is 0 Å². The minimum atomic E-state index is -3.51. The Labute approximate surface area is 187 Å². The van der Waals surface area contributed by atoms with E-state index in [2.05, 4.69) is 10.2 Å². The summed E-state index contributed by atoms with van der Waals surface area (Å²) in [6.45, 7) is 2.77. The van der Waals surface area contributed by atoms with Crippen LogP contribution in [0.4, 0.5) is 4.39 Å². The first kappa shape index (κ1) is 24.6. The summed E-state index contributed by atoms with van der Waals surface area (Å²) in [6, 6.07) is 14.0. The van der Waals surface area contributed by atoms with Crippen LogP contribution in [0.5, 0.6) is 0 Å². The van der Waals surface area contributed by atoms with E-state index in [0.29, 0.717) is 26.2 Å². The van der Waals surface area contributed by atoms with Gasteiger partial charge >= 0.3 is 0 Å². The van der Waals surface area contributed by atoms with Crippen LogP contribution in [0.2, 0.25) is 5.02 Å². The minimum absolute atomic E-state index is 0. The smallest absolute Gasteiger partial charge is 0.255 e. The van der Waals surface area contributed by atoms with E-state index in [-0.39, 0.29) is 35.3 Å². The van der Waals surface area contributed by atoms with Gasteiger partial charge in [-0.1, -0.05) is 48.0 Å². The van der Waals surface area contributed by atoms with Crippen LogP contribution < -0.4 is 5.32 Å². The summed E-state index contributed by atoms with van der Waals surface area (Å²) in [4.78, 5) is 14.3. The molecule has 30 heavy (non-hydrogen) atoms. The molecule has 1 aliphatic heterocycles. The molecule has 1 aliphatic rings. The van der Waals surface area contributed by atoms with Gasteiger partial charge in [-0.3, -0.25) is 9.69 Å². The van der Waals surface area contributed by atoms with Gasteiger partial charge in [0.25, 0.3) is 5.91 Å². The molecular formula is C20H24Cl2FN3O3S. The van der Waals surface area contributed by atoms with Crippen LogP contribution in [0.1, 0.15) is 15.9 Å². The van der Waals surface area contributed by atoms with Gasteiger partial charge in [0, 0.05) is 39.3 Å². The van der Waals surface area contributed by atoms with Crippen molar-refractivity contribution in [1.82, 2.24) is 14.5 Å². The summed E-state index contributed by atoms with van der Waals surface area (Å²) in [5.41, 5.74) is 0.916. The summed E-state index contributed by atoms with van der Waals surface area (Å²) in [5.74, 6) is -1.72. The molecule has 0 atom stereocenters. The summed E-state index contributed by atoms with van der Waals surface area (Å²) in [7, 11) is -3.51. The molecule has 0 aliphatic carbocycles. The molecule has 0 spiro atoms. The SMILES string of the molecule is Cl.O=C(NCCS(=O)(=O)N1CCN(Cc2ccccc2)CC1)c1c(F)cccc1Cl. The van der Waals surface area contributed by atoms with E-state index >= 15 is 0 Å². The molecule has 6 nitrogen and oxygen atoms in total. The Morgan fingerprint density at radius 2 is 1.70 bits per heavy atom. The maximum atomic E-state index is 13.8. The zero-order valence-electron chi connectivity index (χ0n) is 16.3. The number of nitrogens with one attached hydrogen (secondary N) is 1. The summed E-state index contributed by atoms with van der Waals surface area (Å²) < 4.78 is 40.3. The van der Waals surface area contributed by atoms with Crippen molar-refractivity contribution >= 4 is 39.9 Å². The summed E-state index contributed by atoms with van der Waals surface area (Å²) in [5, 5.41) is 2.42. The fourth-order valence-corrected chi connectivity index (χ4v) is 4.82. The number of sulfonamides is 1. The van der Waals surface area contributed by atoms with Crippen molar-refractivity contribution in [2.75, 3.05) is 38.5 Å². The fraction of sp³-hybridized carbons (Fsp3) is 0.350. The van der Waals surface area contributed by atoms with E-state index in [1.165, 1.54) is 22.0 Å². The fourth-order valence-electron chi connectivity index (χ4n) is 3.23. The average molecular weight is 476 g/mol. The van der Waals surface area contributed by atoms with Crippen molar-refractivity contribution < 1.29 is 17.6 Å². The molecule has 1 saturated heterocycles. The Kier molecular flexibility index (Phi) is 9.06. The second-order valence-electron chi connectivity index (χ2n) is 6.83. The second-order valence-corrected chi connectivity index (χ2v) is 9.33. The molecule has 0 unspecified atom stereocenters. The van der Waals surface area contributed by atoms with Crippen LogP contribution in [-0.4, -0.2) is 62.0 Å². The third kappa shape index (κ3) is 6.39. The highest BCUT2D eigenvalue weighted by molar-refractivity contribution is 7.89.